The van der Waals surface area contributed by atoms with Crippen LogP contribution >= 0.6 is 0 Å². The van der Waals surface area contributed by atoms with Gasteiger partial charge in [0, 0.05) is 18.5 Å². The zero-order chi connectivity index (χ0) is 15.4. The molecule has 0 spiro atoms. The Balaban J connectivity index is 1.96. The number of carboxylic acids is 1. The number of carboxylic acid groups (broad SMARTS) is 1. The molecule has 2 aromatic rings. The standard InChI is InChI=1S/C12H16N6O3/c1-7(2)11-14-9(5-10(19)15-11)13-3-4-18-6-8(12(20)21)16-17-18/h5-7H,3-4H2,1-2H3,(H,20,21)(H2,13,14,15,19). The molecule has 0 amide bonds. The second kappa shape index (κ2) is 6.16. The maximum Gasteiger partial charge on any atom is 0.358 e. The van der Waals surface area contributed by atoms with E-state index in [9.17, 15) is 9.59 Å². The van der Waals surface area contributed by atoms with Gasteiger partial charge in [-0.2, -0.15) is 0 Å². The largest absolute Gasteiger partial charge is 0.476 e. The van der Waals surface area contributed by atoms with Gasteiger partial charge in [0.25, 0.3) is 5.56 Å². The first-order valence-corrected chi connectivity index (χ1v) is 6.44. The quantitative estimate of drug-likeness (QED) is 0.698. The van der Waals surface area contributed by atoms with Gasteiger partial charge in [-0.05, 0) is 0 Å². The normalized spacial score (nSPS) is 10.8. The molecule has 0 radical (unpaired) electrons. The topological polar surface area (TPSA) is 126 Å². The van der Waals surface area contributed by atoms with Crippen LogP contribution in [0.4, 0.5) is 5.82 Å². The predicted molar refractivity (Wildman–Crippen MR) is 74.4 cm³/mol. The van der Waals surface area contributed by atoms with E-state index in [1.54, 1.807) is 0 Å². The van der Waals surface area contributed by atoms with Crippen LogP contribution in [0.25, 0.3) is 0 Å². The van der Waals surface area contributed by atoms with Gasteiger partial charge in [0.15, 0.2) is 5.69 Å². The summed E-state index contributed by atoms with van der Waals surface area (Å²) >= 11 is 0. The van der Waals surface area contributed by atoms with Gasteiger partial charge in [-0.15, -0.1) is 5.10 Å². The Morgan fingerprint density at radius 2 is 2.29 bits per heavy atom. The average Bonchev–Trinajstić information content (AvgIpc) is 2.87. The van der Waals surface area contributed by atoms with E-state index in [0.29, 0.717) is 24.7 Å². The number of aromatic amines is 1. The molecule has 0 aliphatic rings. The van der Waals surface area contributed by atoms with Crippen LogP contribution in [0.2, 0.25) is 0 Å². The van der Waals surface area contributed by atoms with Crippen LogP contribution in [0.15, 0.2) is 17.1 Å². The SMILES string of the molecule is CC(C)c1nc(NCCn2cc(C(=O)O)nn2)cc(=O)[nH]1. The van der Waals surface area contributed by atoms with Crippen molar-refractivity contribution in [2.24, 2.45) is 0 Å². The monoisotopic (exact) mass is 292 g/mol. The summed E-state index contributed by atoms with van der Waals surface area (Å²) in [6, 6.07) is 1.37. The number of nitrogens with zero attached hydrogens (tertiary/aromatic N) is 4. The molecule has 0 atom stereocenters. The Labute approximate surface area is 120 Å². The Kier molecular flexibility index (Phi) is 4.31. The zero-order valence-corrected chi connectivity index (χ0v) is 11.7. The van der Waals surface area contributed by atoms with Crippen molar-refractivity contribution in [3.8, 4) is 0 Å². The van der Waals surface area contributed by atoms with Gasteiger partial charge in [0.05, 0.1) is 12.7 Å². The van der Waals surface area contributed by atoms with Crippen molar-refractivity contribution in [1.82, 2.24) is 25.0 Å². The molecule has 0 fully saturated rings. The summed E-state index contributed by atoms with van der Waals surface area (Å²) in [6.07, 6.45) is 1.34. The molecule has 0 saturated carbocycles. The Bertz CT molecular complexity index is 690. The minimum absolute atomic E-state index is 0.105. The Morgan fingerprint density at radius 3 is 2.90 bits per heavy atom. The van der Waals surface area contributed by atoms with Crippen LogP contribution in [0.3, 0.4) is 0 Å². The van der Waals surface area contributed by atoms with Gasteiger partial charge in [-0.3, -0.25) is 4.79 Å². The molecule has 112 valence electrons. The second-order valence-electron chi connectivity index (χ2n) is 4.77. The van der Waals surface area contributed by atoms with Crippen molar-refractivity contribution in [3.63, 3.8) is 0 Å². The molecule has 0 saturated heterocycles. The summed E-state index contributed by atoms with van der Waals surface area (Å²) in [4.78, 5) is 29.1. The van der Waals surface area contributed by atoms with Crippen LogP contribution < -0.4 is 10.9 Å². The Morgan fingerprint density at radius 1 is 1.52 bits per heavy atom. The van der Waals surface area contributed by atoms with Crippen LogP contribution in [0.1, 0.15) is 36.1 Å². The van der Waals surface area contributed by atoms with Gasteiger partial charge in [0.2, 0.25) is 0 Å². The number of aromatic carboxylic acids is 1. The van der Waals surface area contributed by atoms with Crippen LogP contribution in [0.5, 0.6) is 0 Å². The molecule has 2 heterocycles. The summed E-state index contributed by atoms with van der Waals surface area (Å²) in [5, 5.41) is 18.9. The molecule has 0 aliphatic heterocycles. The maximum absolute atomic E-state index is 11.5. The van der Waals surface area contributed by atoms with Gasteiger partial charge in [-0.25, -0.2) is 14.5 Å². The number of hydrogen-bond acceptors (Lipinski definition) is 6. The summed E-state index contributed by atoms with van der Waals surface area (Å²) in [5.74, 6) is 0.0832. The lowest BCUT2D eigenvalue weighted by molar-refractivity contribution is 0.0690. The third-order valence-corrected chi connectivity index (χ3v) is 2.71. The number of aromatic nitrogens is 5. The van der Waals surface area contributed by atoms with E-state index in [1.807, 2.05) is 13.8 Å². The molecule has 9 nitrogen and oxygen atoms in total. The highest BCUT2D eigenvalue weighted by molar-refractivity contribution is 5.84. The molecule has 3 N–H and O–H groups in total. The van der Waals surface area contributed by atoms with Gasteiger partial charge in [-0.1, -0.05) is 19.1 Å². The Hall–Kier alpha value is -2.71. The maximum atomic E-state index is 11.5. The number of rotatable bonds is 6. The first-order chi connectivity index (χ1) is 9.95. The summed E-state index contributed by atoms with van der Waals surface area (Å²) in [6.45, 7) is 4.72. The molecule has 0 bridgehead atoms. The van der Waals surface area contributed by atoms with E-state index in [4.69, 9.17) is 5.11 Å². The number of nitrogens with one attached hydrogen (secondary N) is 2. The number of hydrogen-bond donors (Lipinski definition) is 3. The molecule has 2 aromatic heterocycles. The minimum Gasteiger partial charge on any atom is -0.476 e. The summed E-state index contributed by atoms with van der Waals surface area (Å²) in [5.41, 5.74) is -0.323. The van der Waals surface area contributed by atoms with Crippen molar-refractivity contribution in [2.75, 3.05) is 11.9 Å². The van der Waals surface area contributed by atoms with Gasteiger partial charge < -0.3 is 15.4 Å². The predicted octanol–water partition coefficient (Wildman–Crippen LogP) is 0.295. The first kappa shape index (κ1) is 14.7. The molecule has 2 rings (SSSR count). The fourth-order valence-electron chi connectivity index (χ4n) is 1.64. The third-order valence-electron chi connectivity index (χ3n) is 2.71. The second-order valence-corrected chi connectivity index (χ2v) is 4.77. The third kappa shape index (κ3) is 3.88. The van der Waals surface area contributed by atoms with Crippen LogP contribution in [0, 0.1) is 0 Å². The van der Waals surface area contributed by atoms with Crippen LogP contribution in [-0.4, -0.2) is 42.6 Å². The van der Waals surface area contributed by atoms with E-state index in [1.165, 1.54) is 16.9 Å². The lowest BCUT2D eigenvalue weighted by atomic mass is 10.2. The highest BCUT2D eigenvalue weighted by atomic mass is 16.4. The average molecular weight is 292 g/mol. The van der Waals surface area contributed by atoms with E-state index in [-0.39, 0.29) is 17.2 Å². The van der Waals surface area contributed by atoms with Crippen molar-refractivity contribution in [1.29, 1.82) is 0 Å². The zero-order valence-electron chi connectivity index (χ0n) is 11.7. The highest BCUT2D eigenvalue weighted by Crippen LogP contribution is 2.08. The van der Waals surface area contributed by atoms with Gasteiger partial charge >= 0.3 is 5.97 Å². The van der Waals surface area contributed by atoms with Crippen molar-refractivity contribution in [3.05, 3.63) is 34.1 Å². The smallest absolute Gasteiger partial charge is 0.358 e. The minimum atomic E-state index is -1.12. The number of anilines is 1. The number of H-pyrrole nitrogens is 1. The molecular formula is C12H16N6O3. The molecule has 21 heavy (non-hydrogen) atoms. The van der Waals surface area contributed by atoms with Crippen molar-refractivity contribution >= 4 is 11.8 Å². The molecule has 9 heteroatoms. The van der Waals surface area contributed by atoms with E-state index >= 15 is 0 Å². The lowest BCUT2D eigenvalue weighted by Crippen LogP contribution is -2.17. The van der Waals surface area contributed by atoms with E-state index in [2.05, 4.69) is 25.6 Å². The van der Waals surface area contributed by atoms with E-state index < -0.39 is 5.97 Å². The molecule has 0 unspecified atom stereocenters. The fraction of sp³-hybridized carbons (Fsp3) is 0.417. The van der Waals surface area contributed by atoms with Crippen molar-refractivity contribution in [2.45, 2.75) is 26.3 Å². The van der Waals surface area contributed by atoms with E-state index in [0.717, 1.165) is 0 Å². The highest BCUT2D eigenvalue weighted by Gasteiger charge is 2.08. The summed E-state index contributed by atoms with van der Waals surface area (Å²) < 4.78 is 1.41. The van der Waals surface area contributed by atoms with Crippen molar-refractivity contribution < 1.29 is 9.90 Å². The lowest BCUT2D eigenvalue weighted by Gasteiger charge is -2.08. The summed E-state index contributed by atoms with van der Waals surface area (Å²) in [7, 11) is 0. The number of carbonyl (C=O) groups is 1. The first-order valence-electron chi connectivity index (χ1n) is 6.44. The molecular weight excluding hydrogens is 276 g/mol. The van der Waals surface area contributed by atoms with Gasteiger partial charge in [0.1, 0.15) is 11.6 Å². The molecule has 0 aliphatic carbocycles. The fourth-order valence-corrected chi connectivity index (χ4v) is 1.64. The molecule has 0 aromatic carbocycles. The van der Waals surface area contributed by atoms with Crippen LogP contribution in [-0.2, 0) is 6.54 Å².